The number of nitrogens with zero attached hydrogens (tertiary/aromatic N) is 1. The molecule has 0 saturated carbocycles. The standard InChI is InChI=1S/C8H18N2/c1-6-8(4,5)10-9-7(2)3/h10H,6H2,1-5H3. The van der Waals surface area contributed by atoms with Crippen molar-refractivity contribution in [2.24, 2.45) is 5.10 Å². The molecule has 2 heteroatoms. The zero-order valence-corrected chi connectivity index (χ0v) is 7.65. The van der Waals surface area contributed by atoms with Crippen molar-refractivity contribution in [3.05, 3.63) is 0 Å². The Labute approximate surface area is 63.7 Å². The molecule has 0 unspecified atom stereocenters. The van der Waals surface area contributed by atoms with Gasteiger partial charge in [-0.05, 0) is 34.1 Å². The van der Waals surface area contributed by atoms with Gasteiger partial charge in [0.1, 0.15) is 0 Å². The Morgan fingerprint density at radius 2 is 1.90 bits per heavy atom. The van der Waals surface area contributed by atoms with E-state index in [-0.39, 0.29) is 5.54 Å². The Morgan fingerprint density at radius 1 is 1.40 bits per heavy atom. The first-order valence-corrected chi connectivity index (χ1v) is 3.76. The van der Waals surface area contributed by atoms with Gasteiger partial charge in [-0.15, -0.1) is 0 Å². The number of hydrogen-bond donors (Lipinski definition) is 1. The molecule has 0 heterocycles. The van der Waals surface area contributed by atoms with Crippen LogP contribution >= 0.6 is 0 Å². The summed E-state index contributed by atoms with van der Waals surface area (Å²) < 4.78 is 0. The monoisotopic (exact) mass is 142 g/mol. The molecule has 0 aromatic rings. The first-order valence-electron chi connectivity index (χ1n) is 3.76. The highest BCUT2D eigenvalue weighted by Gasteiger charge is 2.11. The van der Waals surface area contributed by atoms with Gasteiger partial charge in [-0.1, -0.05) is 6.92 Å². The van der Waals surface area contributed by atoms with Gasteiger partial charge in [0.15, 0.2) is 0 Å². The first kappa shape index (κ1) is 9.47. The molecule has 0 bridgehead atoms. The highest BCUT2D eigenvalue weighted by Crippen LogP contribution is 2.05. The maximum absolute atomic E-state index is 4.13. The van der Waals surface area contributed by atoms with Crippen LogP contribution in [0.3, 0.4) is 0 Å². The number of hydrazone groups is 1. The van der Waals surface area contributed by atoms with Crippen LogP contribution in [0.15, 0.2) is 5.10 Å². The smallest absolute Gasteiger partial charge is 0.0490 e. The van der Waals surface area contributed by atoms with Crippen molar-refractivity contribution in [2.45, 2.75) is 46.6 Å². The molecule has 0 spiro atoms. The summed E-state index contributed by atoms with van der Waals surface area (Å²) in [4.78, 5) is 0. The molecule has 0 aliphatic rings. The summed E-state index contributed by atoms with van der Waals surface area (Å²) in [6.45, 7) is 10.4. The summed E-state index contributed by atoms with van der Waals surface area (Å²) in [5.41, 5.74) is 4.30. The maximum Gasteiger partial charge on any atom is 0.0490 e. The van der Waals surface area contributed by atoms with E-state index in [1.54, 1.807) is 0 Å². The third kappa shape index (κ3) is 4.36. The minimum atomic E-state index is 0.136. The van der Waals surface area contributed by atoms with Gasteiger partial charge in [0.05, 0.1) is 0 Å². The van der Waals surface area contributed by atoms with E-state index in [1.807, 2.05) is 13.8 Å². The summed E-state index contributed by atoms with van der Waals surface area (Å²) in [6, 6.07) is 0. The second-order valence-electron chi connectivity index (χ2n) is 3.41. The van der Waals surface area contributed by atoms with Crippen LogP contribution in [0.5, 0.6) is 0 Å². The molecule has 0 rings (SSSR count). The quantitative estimate of drug-likeness (QED) is 0.474. The number of hydrogen-bond acceptors (Lipinski definition) is 2. The van der Waals surface area contributed by atoms with Crippen LogP contribution in [0.2, 0.25) is 0 Å². The van der Waals surface area contributed by atoms with Gasteiger partial charge in [-0.2, -0.15) is 5.10 Å². The van der Waals surface area contributed by atoms with Gasteiger partial charge in [-0.25, -0.2) is 0 Å². The van der Waals surface area contributed by atoms with Crippen LogP contribution in [0.1, 0.15) is 41.0 Å². The van der Waals surface area contributed by atoms with Gasteiger partial charge >= 0.3 is 0 Å². The predicted octanol–water partition coefficient (Wildman–Crippen LogP) is 2.16. The van der Waals surface area contributed by atoms with Gasteiger partial charge < -0.3 is 5.43 Å². The lowest BCUT2D eigenvalue weighted by Crippen LogP contribution is -2.34. The summed E-state index contributed by atoms with van der Waals surface area (Å²) in [5.74, 6) is 0. The second kappa shape index (κ2) is 3.59. The zero-order chi connectivity index (χ0) is 8.20. The Balaban J connectivity index is 3.78. The molecule has 10 heavy (non-hydrogen) atoms. The molecular weight excluding hydrogens is 124 g/mol. The number of nitrogens with one attached hydrogen (secondary N) is 1. The molecule has 0 aromatic carbocycles. The van der Waals surface area contributed by atoms with Crippen LogP contribution < -0.4 is 5.43 Å². The van der Waals surface area contributed by atoms with E-state index in [4.69, 9.17) is 0 Å². The first-order chi connectivity index (χ1) is 4.48. The molecule has 0 fully saturated rings. The van der Waals surface area contributed by atoms with E-state index in [9.17, 15) is 0 Å². The van der Waals surface area contributed by atoms with E-state index in [1.165, 1.54) is 0 Å². The average Bonchev–Trinajstić information content (AvgIpc) is 1.85. The Kier molecular flexibility index (Phi) is 3.40. The van der Waals surface area contributed by atoms with Crippen LogP contribution in [0, 0.1) is 0 Å². The van der Waals surface area contributed by atoms with Crippen molar-refractivity contribution in [3.8, 4) is 0 Å². The second-order valence-corrected chi connectivity index (χ2v) is 3.41. The topological polar surface area (TPSA) is 24.4 Å². The lowest BCUT2D eigenvalue weighted by molar-refractivity contribution is 0.387. The van der Waals surface area contributed by atoms with E-state index in [2.05, 4.69) is 31.3 Å². The molecule has 0 amide bonds. The normalized spacial score (nSPS) is 10.9. The molecule has 0 radical (unpaired) electrons. The van der Waals surface area contributed by atoms with Crippen LogP contribution in [0.4, 0.5) is 0 Å². The highest BCUT2D eigenvalue weighted by atomic mass is 15.3. The maximum atomic E-state index is 4.13. The van der Waals surface area contributed by atoms with E-state index in [0.29, 0.717) is 0 Å². The minimum absolute atomic E-state index is 0.136. The molecule has 0 aromatic heterocycles. The van der Waals surface area contributed by atoms with Crippen LogP contribution in [0.25, 0.3) is 0 Å². The fourth-order valence-electron chi connectivity index (χ4n) is 0.342. The lowest BCUT2D eigenvalue weighted by Gasteiger charge is -2.22. The molecule has 60 valence electrons. The molecule has 0 aliphatic carbocycles. The van der Waals surface area contributed by atoms with Crippen molar-refractivity contribution < 1.29 is 0 Å². The van der Waals surface area contributed by atoms with Gasteiger partial charge in [0, 0.05) is 11.3 Å². The summed E-state index contributed by atoms with van der Waals surface area (Å²) in [7, 11) is 0. The fraction of sp³-hybridized carbons (Fsp3) is 0.875. The van der Waals surface area contributed by atoms with Crippen molar-refractivity contribution in [1.29, 1.82) is 0 Å². The Bertz CT molecular complexity index is 121. The fourth-order valence-corrected chi connectivity index (χ4v) is 0.342. The third-order valence-electron chi connectivity index (χ3n) is 1.47. The van der Waals surface area contributed by atoms with E-state index < -0.39 is 0 Å². The Morgan fingerprint density at radius 3 is 2.20 bits per heavy atom. The van der Waals surface area contributed by atoms with Gasteiger partial charge in [-0.3, -0.25) is 0 Å². The van der Waals surface area contributed by atoms with Crippen molar-refractivity contribution in [3.63, 3.8) is 0 Å². The summed E-state index contributed by atoms with van der Waals surface area (Å²) >= 11 is 0. The van der Waals surface area contributed by atoms with E-state index in [0.717, 1.165) is 12.1 Å². The van der Waals surface area contributed by atoms with Crippen molar-refractivity contribution in [1.82, 2.24) is 5.43 Å². The summed E-state index contributed by atoms with van der Waals surface area (Å²) in [6.07, 6.45) is 1.09. The predicted molar refractivity (Wildman–Crippen MR) is 46.3 cm³/mol. The molecular formula is C8H18N2. The molecule has 2 nitrogen and oxygen atoms in total. The molecule has 0 aliphatic heterocycles. The highest BCUT2D eigenvalue weighted by molar-refractivity contribution is 5.78. The van der Waals surface area contributed by atoms with Crippen LogP contribution in [-0.4, -0.2) is 11.3 Å². The van der Waals surface area contributed by atoms with Crippen LogP contribution in [-0.2, 0) is 0 Å². The molecule has 1 N–H and O–H groups in total. The van der Waals surface area contributed by atoms with Gasteiger partial charge in [0.25, 0.3) is 0 Å². The molecule has 0 atom stereocenters. The average molecular weight is 142 g/mol. The lowest BCUT2D eigenvalue weighted by atomic mass is 10.0. The largest absolute Gasteiger partial charge is 0.305 e. The minimum Gasteiger partial charge on any atom is -0.305 e. The molecule has 0 saturated heterocycles. The third-order valence-corrected chi connectivity index (χ3v) is 1.47. The SMILES string of the molecule is CCC(C)(C)NN=C(C)C. The van der Waals surface area contributed by atoms with Crippen molar-refractivity contribution in [2.75, 3.05) is 0 Å². The number of rotatable bonds is 3. The zero-order valence-electron chi connectivity index (χ0n) is 7.65. The Hall–Kier alpha value is -0.530. The van der Waals surface area contributed by atoms with Gasteiger partial charge in [0.2, 0.25) is 0 Å². The van der Waals surface area contributed by atoms with Crippen molar-refractivity contribution >= 4 is 5.71 Å². The van der Waals surface area contributed by atoms with E-state index >= 15 is 0 Å². The summed E-state index contributed by atoms with van der Waals surface area (Å²) in [5, 5.41) is 4.13.